The van der Waals surface area contributed by atoms with Gasteiger partial charge in [0.15, 0.2) is 5.78 Å². The van der Waals surface area contributed by atoms with Crippen molar-refractivity contribution in [1.29, 1.82) is 0 Å². The summed E-state index contributed by atoms with van der Waals surface area (Å²) in [6, 6.07) is 9.34. The Labute approximate surface area is 109 Å². The van der Waals surface area contributed by atoms with E-state index >= 15 is 0 Å². The number of piperidine rings is 1. The van der Waals surface area contributed by atoms with Gasteiger partial charge in [-0.1, -0.05) is 43.7 Å². The van der Waals surface area contributed by atoms with Crippen molar-refractivity contribution in [2.75, 3.05) is 13.1 Å². The van der Waals surface area contributed by atoms with Crippen LogP contribution in [0.4, 0.5) is 0 Å². The van der Waals surface area contributed by atoms with E-state index in [1.807, 2.05) is 41.7 Å². The summed E-state index contributed by atoms with van der Waals surface area (Å²) in [6.45, 7) is 4.04. The summed E-state index contributed by atoms with van der Waals surface area (Å²) in [6.07, 6.45) is 4.51. The van der Waals surface area contributed by atoms with Crippen molar-refractivity contribution in [1.82, 2.24) is 4.42 Å². The van der Waals surface area contributed by atoms with E-state index < -0.39 is 0 Å². The quantitative estimate of drug-likeness (QED) is 0.588. The molecule has 17 heavy (non-hydrogen) atoms. The number of hydrogen-bond donors (Lipinski definition) is 0. The number of halogens is 1. The third-order valence-electron chi connectivity index (χ3n) is 2.72. The molecule has 0 saturated carbocycles. The molecule has 2 rings (SSSR count). The predicted octanol–water partition coefficient (Wildman–Crippen LogP) is 3.91. The Bertz CT molecular complexity index is 320. The van der Waals surface area contributed by atoms with Gasteiger partial charge in [-0.25, -0.2) is 4.42 Å². The minimum Gasteiger partial charge on any atom is -0.294 e. The molecule has 2 nitrogen and oxygen atoms in total. The Morgan fingerprint density at radius 2 is 1.76 bits per heavy atom. The molecule has 0 N–H and O–H groups in total. The minimum atomic E-state index is 0.209. The number of Topliss-reactive ketones (excluding diaryl/α,β-unsaturated/α-hetero) is 1. The standard InChI is InChI=1S/C9H10O.C5H10ClN/c1-2-9(10)8-6-4-3-5-7-8;6-7-4-2-1-3-5-7/h3-7H,2H2,1H3;1-5H2. The molecule has 0 aliphatic carbocycles. The van der Waals surface area contributed by atoms with Crippen LogP contribution >= 0.6 is 11.8 Å². The molecule has 0 aromatic heterocycles. The molecule has 1 aliphatic rings. The van der Waals surface area contributed by atoms with Crippen molar-refractivity contribution in [3.63, 3.8) is 0 Å². The Kier molecular flexibility index (Phi) is 6.90. The van der Waals surface area contributed by atoms with Crippen LogP contribution in [0.2, 0.25) is 0 Å². The molecule has 0 amide bonds. The van der Waals surface area contributed by atoms with E-state index in [1.54, 1.807) is 0 Å². The van der Waals surface area contributed by atoms with Crippen molar-refractivity contribution >= 4 is 17.6 Å². The third kappa shape index (κ3) is 5.85. The van der Waals surface area contributed by atoms with Crippen LogP contribution in [0.15, 0.2) is 30.3 Å². The number of benzene rings is 1. The molecular formula is C14H20ClNO. The molecule has 0 spiro atoms. The second-order valence-electron chi connectivity index (χ2n) is 4.11. The average molecular weight is 254 g/mol. The number of rotatable bonds is 2. The van der Waals surface area contributed by atoms with Gasteiger partial charge < -0.3 is 0 Å². The van der Waals surface area contributed by atoms with E-state index in [1.165, 1.54) is 19.3 Å². The first kappa shape index (κ1) is 14.2. The molecule has 94 valence electrons. The molecule has 3 heteroatoms. The maximum absolute atomic E-state index is 11.0. The fraction of sp³-hybridized carbons (Fsp3) is 0.500. The molecule has 1 saturated heterocycles. The molecule has 0 unspecified atom stereocenters. The van der Waals surface area contributed by atoms with Crippen LogP contribution in [0.5, 0.6) is 0 Å². The SMILES string of the molecule is CCC(=O)c1ccccc1.ClN1CCCCC1. The zero-order valence-corrected chi connectivity index (χ0v) is 11.1. The molecule has 1 aromatic rings. The summed E-state index contributed by atoms with van der Waals surface area (Å²) in [4.78, 5) is 11.0. The van der Waals surface area contributed by atoms with E-state index in [-0.39, 0.29) is 5.78 Å². The van der Waals surface area contributed by atoms with Gasteiger partial charge in [-0.15, -0.1) is 0 Å². The largest absolute Gasteiger partial charge is 0.294 e. The lowest BCUT2D eigenvalue weighted by molar-refractivity contribution is 0.0988. The van der Waals surface area contributed by atoms with Crippen molar-refractivity contribution in [2.45, 2.75) is 32.6 Å². The van der Waals surface area contributed by atoms with E-state index in [0.29, 0.717) is 6.42 Å². The highest BCUT2D eigenvalue weighted by molar-refractivity contribution is 6.13. The average Bonchev–Trinajstić information content (AvgIpc) is 2.40. The van der Waals surface area contributed by atoms with E-state index in [9.17, 15) is 4.79 Å². The smallest absolute Gasteiger partial charge is 0.162 e. The van der Waals surface area contributed by atoms with Gasteiger partial charge in [0, 0.05) is 25.1 Å². The molecule has 0 radical (unpaired) electrons. The highest BCUT2D eigenvalue weighted by Crippen LogP contribution is 2.09. The minimum absolute atomic E-state index is 0.209. The van der Waals surface area contributed by atoms with Crippen molar-refractivity contribution in [2.24, 2.45) is 0 Å². The number of ketones is 1. The molecule has 1 aliphatic heterocycles. The number of carbonyl (C=O) groups is 1. The van der Waals surface area contributed by atoms with Gasteiger partial charge in [-0.05, 0) is 24.6 Å². The summed E-state index contributed by atoms with van der Waals surface area (Å²) in [5.41, 5.74) is 0.810. The van der Waals surface area contributed by atoms with E-state index in [2.05, 4.69) is 0 Å². The van der Waals surface area contributed by atoms with Crippen LogP contribution < -0.4 is 0 Å². The molecule has 1 heterocycles. The van der Waals surface area contributed by atoms with Gasteiger partial charge in [-0.3, -0.25) is 4.79 Å². The first-order valence-corrected chi connectivity index (χ1v) is 6.57. The van der Waals surface area contributed by atoms with Crippen LogP contribution in [0.1, 0.15) is 43.0 Å². The van der Waals surface area contributed by atoms with Crippen molar-refractivity contribution in [3.05, 3.63) is 35.9 Å². The van der Waals surface area contributed by atoms with Crippen molar-refractivity contribution < 1.29 is 4.79 Å². The van der Waals surface area contributed by atoms with Crippen LogP contribution in [0, 0.1) is 0 Å². The summed E-state index contributed by atoms with van der Waals surface area (Å²) < 4.78 is 1.86. The van der Waals surface area contributed by atoms with Gasteiger partial charge in [0.2, 0.25) is 0 Å². The van der Waals surface area contributed by atoms with Gasteiger partial charge in [-0.2, -0.15) is 0 Å². The lowest BCUT2D eigenvalue weighted by Crippen LogP contribution is -2.19. The van der Waals surface area contributed by atoms with Gasteiger partial charge >= 0.3 is 0 Å². The highest BCUT2D eigenvalue weighted by atomic mass is 35.5. The number of nitrogens with zero attached hydrogens (tertiary/aromatic N) is 1. The molecule has 1 fully saturated rings. The number of hydrogen-bond acceptors (Lipinski definition) is 2. The second-order valence-corrected chi connectivity index (χ2v) is 4.59. The lowest BCUT2D eigenvalue weighted by Gasteiger charge is -2.17. The monoisotopic (exact) mass is 253 g/mol. The Hall–Kier alpha value is -0.860. The van der Waals surface area contributed by atoms with Crippen LogP contribution in [0.25, 0.3) is 0 Å². The number of carbonyl (C=O) groups excluding carboxylic acids is 1. The summed E-state index contributed by atoms with van der Waals surface area (Å²) in [7, 11) is 0. The predicted molar refractivity (Wildman–Crippen MR) is 72.3 cm³/mol. The fourth-order valence-electron chi connectivity index (χ4n) is 1.68. The highest BCUT2D eigenvalue weighted by Gasteiger charge is 2.04. The zero-order valence-electron chi connectivity index (χ0n) is 10.4. The first-order chi connectivity index (χ1) is 8.24. The summed E-state index contributed by atoms with van der Waals surface area (Å²) in [5, 5.41) is 0. The summed E-state index contributed by atoms with van der Waals surface area (Å²) in [5.74, 6) is 0.209. The van der Waals surface area contributed by atoms with Crippen LogP contribution in [0.3, 0.4) is 0 Å². The molecule has 0 bridgehead atoms. The van der Waals surface area contributed by atoms with Gasteiger partial charge in [0.1, 0.15) is 0 Å². The molecule has 1 aromatic carbocycles. The summed E-state index contributed by atoms with van der Waals surface area (Å²) >= 11 is 5.65. The van der Waals surface area contributed by atoms with Gasteiger partial charge in [0.05, 0.1) is 0 Å². The Morgan fingerprint density at radius 1 is 1.18 bits per heavy atom. The van der Waals surface area contributed by atoms with Gasteiger partial charge in [0.25, 0.3) is 0 Å². The Morgan fingerprint density at radius 3 is 2.18 bits per heavy atom. The third-order valence-corrected chi connectivity index (χ3v) is 3.06. The van der Waals surface area contributed by atoms with Crippen LogP contribution in [-0.4, -0.2) is 23.3 Å². The first-order valence-electron chi connectivity index (χ1n) is 6.23. The lowest BCUT2D eigenvalue weighted by atomic mass is 10.1. The van der Waals surface area contributed by atoms with Crippen molar-refractivity contribution in [3.8, 4) is 0 Å². The van der Waals surface area contributed by atoms with E-state index in [4.69, 9.17) is 11.8 Å². The maximum Gasteiger partial charge on any atom is 0.162 e. The fourth-order valence-corrected chi connectivity index (χ4v) is 1.92. The topological polar surface area (TPSA) is 20.3 Å². The molecular weight excluding hydrogens is 234 g/mol. The normalized spacial score (nSPS) is 15.9. The van der Waals surface area contributed by atoms with E-state index in [0.717, 1.165) is 18.7 Å². The Balaban J connectivity index is 0.000000181. The second kappa shape index (κ2) is 8.26. The maximum atomic E-state index is 11.0. The molecule has 0 atom stereocenters. The van der Waals surface area contributed by atoms with Crippen LogP contribution in [-0.2, 0) is 0 Å². The zero-order chi connectivity index (χ0) is 12.5.